The lowest BCUT2D eigenvalue weighted by Crippen LogP contribution is -2.27. The van der Waals surface area contributed by atoms with Gasteiger partial charge in [0.15, 0.2) is 0 Å². The van der Waals surface area contributed by atoms with Gasteiger partial charge >= 0.3 is 0 Å². The van der Waals surface area contributed by atoms with E-state index in [2.05, 4.69) is 0 Å². The average molecular weight is 180 g/mol. The van der Waals surface area contributed by atoms with Crippen molar-refractivity contribution in [2.24, 2.45) is 0 Å². The van der Waals surface area contributed by atoms with E-state index in [9.17, 15) is 0 Å². The van der Waals surface area contributed by atoms with Crippen LogP contribution in [-0.2, 0) is 14.2 Å². The Labute approximate surface area is 71.9 Å². The molecule has 0 spiro atoms. The van der Waals surface area contributed by atoms with Crippen LogP contribution in [0.4, 0.5) is 0 Å². The van der Waals surface area contributed by atoms with Gasteiger partial charge in [0.05, 0.1) is 13.2 Å². The third-order valence-corrected chi connectivity index (χ3v) is 1.13. The van der Waals surface area contributed by atoms with Crippen molar-refractivity contribution >= 4 is 0 Å². The van der Waals surface area contributed by atoms with Gasteiger partial charge in [-0.3, -0.25) is 0 Å². The number of rotatable bonds is 7. The van der Waals surface area contributed by atoms with Gasteiger partial charge in [0.2, 0.25) is 0 Å². The average Bonchev–Trinajstić information content (AvgIpc) is 2.11. The van der Waals surface area contributed by atoms with Crippen LogP contribution in [0.3, 0.4) is 0 Å². The summed E-state index contributed by atoms with van der Waals surface area (Å²) in [6, 6.07) is 0. The van der Waals surface area contributed by atoms with Crippen LogP contribution in [0.15, 0.2) is 0 Å². The van der Waals surface area contributed by atoms with Gasteiger partial charge in [-0.15, -0.1) is 0 Å². The summed E-state index contributed by atoms with van der Waals surface area (Å²) in [4.78, 5) is 0. The highest BCUT2D eigenvalue weighted by molar-refractivity contribution is 4.47. The number of ether oxygens (including phenoxy) is 3. The molecule has 0 aliphatic heterocycles. The van der Waals surface area contributed by atoms with E-state index < -0.39 is 12.6 Å². The van der Waals surface area contributed by atoms with Crippen molar-refractivity contribution in [1.29, 1.82) is 0 Å². The Balaban J connectivity index is 3.43. The van der Waals surface area contributed by atoms with Crippen molar-refractivity contribution in [1.82, 2.24) is 0 Å². The Morgan fingerprint density at radius 3 is 2.42 bits per heavy atom. The molecule has 0 fully saturated rings. The van der Waals surface area contributed by atoms with E-state index >= 15 is 0 Å². The summed E-state index contributed by atoms with van der Waals surface area (Å²) in [5, 5.41) is 17.3. The van der Waals surface area contributed by atoms with Crippen LogP contribution < -0.4 is 0 Å². The second-order valence-electron chi connectivity index (χ2n) is 2.15. The number of hydrogen-bond acceptors (Lipinski definition) is 5. The first-order valence-corrected chi connectivity index (χ1v) is 3.79. The van der Waals surface area contributed by atoms with Crippen LogP contribution in [0.2, 0.25) is 0 Å². The number of hydrogen-bond donors (Lipinski definition) is 2. The molecule has 0 amide bonds. The third-order valence-electron chi connectivity index (χ3n) is 1.13. The molecule has 0 aromatic heterocycles. The van der Waals surface area contributed by atoms with E-state index in [-0.39, 0.29) is 13.2 Å². The molecule has 0 aromatic rings. The maximum absolute atomic E-state index is 8.88. The molecule has 0 aromatic carbocycles. The summed E-state index contributed by atoms with van der Waals surface area (Å²) in [6.45, 7) is 1.17. The molecule has 5 heteroatoms. The summed E-state index contributed by atoms with van der Waals surface area (Å²) < 4.78 is 14.6. The van der Waals surface area contributed by atoms with Crippen molar-refractivity contribution in [3.05, 3.63) is 0 Å². The molecule has 0 aliphatic carbocycles. The maximum Gasteiger partial charge on any atom is 0.271 e. The molecule has 12 heavy (non-hydrogen) atoms. The molecule has 2 atom stereocenters. The van der Waals surface area contributed by atoms with E-state index in [1.165, 1.54) is 7.11 Å². The quantitative estimate of drug-likeness (QED) is 0.508. The Kier molecular flexibility index (Phi) is 7.33. The fourth-order valence-electron chi connectivity index (χ4n) is 0.563. The van der Waals surface area contributed by atoms with Crippen LogP contribution in [-0.4, -0.2) is 49.7 Å². The van der Waals surface area contributed by atoms with E-state index in [4.69, 9.17) is 24.4 Å². The second kappa shape index (κ2) is 7.45. The molecule has 0 heterocycles. The number of methoxy groups -OCH3 is 1. The zero-order valence-corrected chi connectivity index (χ0v) is 7.40. The topological polar surface area (TPSA) is 68.2 Å². The fourth-order valence-corrected chi connectivity index (χ4v) is 0.563. The Morgan fingerprint density at radius 2 is 2.00 bits per heavy atom. The molecule has 0 radical (unpaired) electrons. The van der Waals surface area contributed by atoms with Gasteiger partial charge in [-0.25, -0.2) is 0 Å². The fraction of sp³-hybridized carbons (Fsp3) is 1.00. The van der Waals surface area contributed by atoms with Gasteiger partial charge in [-0.1, -0.05) is 0 Å². The summed E-state index contributed by atoms with van der Waals surface area (Å²) in [6.07, 6.45) is -0.886. The van der Waals surface area contributed by atoms with Crippen molar-refractivity contribution < 1.29 is 24.4 Å². The van der Waals surface area contributed by atoms with Gasteiger partial charge in [0.1, 0.15) is 6.10 Å². The minimum Gasteiger partial charge on any atom is -0.394 e. The third kappa shape index (κ3) is 5.45. The molecular formula is C7H16O5. The van der Waals surface area contributed by atoms with Crippen molar-refractivity contribution in [2.45, 2.75) is 19.5 Å². The molecular weight excluding hydrogens is 164 g/mol. The van der Waals surface area contributed by atoms with Crippen LogP contribution in [0.5, 0.6) is 0 Å². The first-order valence-electron chi connectivity index (χ1n) is 3.79. The van der Waals surface area contributed by atoms with Crippen molar-refractivity contribution in [3.8, 4) is 0 Å². The highest BCUT2D eigenvalue weighted by atomic mass is 16.8. The molecule has 0 rings (SSSR count). The largest absolute Gasteiger partial charge is 0.394 e. The SMILES string of the molecule is CCOC(OC)OC[C@H](O)CO. The van der Waals surface area contributed by atoms with E-state index in [0.717, 1.165) is 0 Å². The summed E-state index contributed by atoms with van der Waals surface area (Å²) in [7, 11) is 1.44. The molecule has 0 aliphatic rings. The van der Waals surface area contributed by atoms with Crippen molar-refractivity contribution in [2.75, 3.05) is 26.9 Å². The standard InChI is InChI=1S/C7H16O5/c1-3-11-7(10-2)12-5-6(9)4-8/h6-9H,3-5H2,1-2H3/t6-,7?/m1/s1. The molecule has 0 saturated carbocycles. The lowest BCUT2D eigenvalue weighted by atomic mass is 10.4. The van der Waals surface area contributed by atoms with Gasteiger partial charge in [0, 0.05) is 13.7 Å². The molecule has 0 bridgehead atoms. The highest BCUT2D eigenvalue weighted by Gasteiger charge is 2.09. The Morgan fingerprint density at radius 1 is 1.33 bits per heavy atom. The number of aliphatic hydroxyl groups excluding tert-OH is 2. The molecule has 0 saturated heterocycles. The predicted octanol–water partition coefficient (Wildman–Crippen LogP) is -0.677. The van der Waals surface area contributed by atoms with Gasteiger partial charge in [0.25, 0.3) is 6.48 Å². The normalized spacial score (nSPS) is 16.0. The van der Waals surface area contributed by atoms with E-state index in [1.54, 1.807) is 6.92 Å². The van der Waals surface area contributed by atoms with Crippen LogP contribution in [0.25, 0.3) is 0 Å². The molecule has 2 N–H and O–H groups in total. The monoisotopic (exact) mass is 180 g/mol. The van der Waals surface area contributed by atoms with Gasteiger partial charge in [-0.05, 0) is 6.92 Å². The Hall–Kier alpha value is -0.200. The van der Waals surface area contributed by atoms with Crippen molar-refractivity contribution in [3.63, 3.8) is 0 Å². The van der Waals surface area contributed by atoms with Crippen LogP contribution in [0.1, 0.15) is 6.92 Å². The Bertz CT molecular complexity index is 97.8. The summed E-state index contributed by atoms with van der Waals surface area (Å²) in [5.74, 6) is 0. The minimum atomic E-state index is -0.886. The zero-order chi connectivity index (χ0) is 9.40. The number of aliphatic hydroxyl groups is 2. The first-order chi connectivity index (χ1) is 5.74. The second-order valence-corrected chi connectivity index (χ2v) is 2.15. The lowest BCUT2D eigenvalue weighted by Gasteiger charge is -2.16. The van der Waals surface area contributed by atoms with E-state index in [0.29, 0.717) is 6.61 Å². The highest BCUT2D eigenvalue weighted by Crippen LogP contribution is 1.96. The lowest BCUT2D eigenvalue weighted by molar-refractivity contribution is -0.282. The smallest absolute Gasteiger partial charge is 0.271 e. The molecule has 74 valence electrons. The predicted molar refractivity (Wildman–Crippen MR) is 41.5 cm³/mol. The van der Waals surface area contributed by atoms with E-state index in [1.807, 2.05) is 0 Å². The zero-order valence-electron chi connectivity index (χ0n) is 7.40. The first kappa shape index (κ1) is 11.8. The summed E-state index contributed by atoms with van der Waals surface area (Å²) >= 11 is 0. The summed E-state index contributed by atoms with van der Waals surface area (Å²) in [5.41, 5.74) is 0. The van der Waals surface area contributed by atoms with Gasteiger partial charge in [-0.2, -0.15) is 0 Å². The van der Waals surface area contributed by atoms with Gasteiger partial charge < -0.3 is 24.4 Å². The molecule has 5 nitrogen and oxygen atoms in total. The molecule has 1 unspecified atom stereocenters. The van der Waals surface area contributed by atoms with Crippen LogP contribution >= 0.6 is 0 Å². The maximum atomic E-state index is 8.88. The van der Waals surface area contributed by atoms with Crippen LogP contribution in [0, 0.1) is 0 Å². The minimum absolute atomic E-state index is 0.00495.